The number of aliphatic hydroxyl groups is 1. The zero-order chi connectivity index (χ0) is 8.15. The van der Waals surface area contributed by atoms with Crippen LogP contribution < -0.4 is 5.73 Å². The quantitative estimate of drug-likeness (QED) is 0.587. The van der Waals surface area contributed by atoms with Crippen molar-refractivity contribution in [2.45, 2.75) is 31.2 Å². The van der Waals surface area contributed by atoms with E-state index >= 15 is 0 Å². The van der Waals surface area contributed by atoms with Crippen molar-refractivity contribution in [3.63, 3.8) is 0 Å². The number of hydrogen-bond acceptors (Lipinski definition) is 2. The van der Waals surface area contributed by atoms with Crippen LogP contribution in [0.1, 0.15) is 19.8 Å². The van der Waals surface area contributed by atoms with Crippen molar-refractivity contribution in [3.8, 4) is 0 Å². The van der Waals surface area contributed by atoms with Crippen LogP contribution in [0.2, 0.25) is 0 Å². The minimum atomic E-state index is -0.944. The van der Waals surface area contributed by atoms with Crippen molar-refractivity contribution in [2.24, 2.45) is 5.73 Å². The van der Waals surface area contributed by atoms with E-state index in [1.807, 2.05) is 6.92 Å². The predicted molar refractivity (Wildman–Crippen MR) is 39.8 cm³/mol. The Balaban J connectivity index is 3.69. The number of halogens is 1. The SMILES string of the molecule is CCCC(O)C(Cl)C(N)=O. The summed E-state index contributed by atoms with van der Waals surface area (Å²) in [6.07, 6.45) is 0.499. The molecule has 4 heteroatoms. The first kappa shape index (κ1) is 9.72. The van der Waals surface area contributed by atoms with E-state index in [1.165, 1.54) is 0 Å². The Morgan fingerprint density at radius 3 is 2.60 bits per heavy atom. The fourth-order valence-corrected chi connectivity index (χ4v) is 0.758. The van der Waals surface area contributed by atoms with E-state index in [4.69, 9.17) is 22.4 Å². The van der Waals surface area contributed by atoms with Crippen LogP contribution in [0.15, 0.2) is 0 Å². The second-order valence-electron chi connectivity index (χ2n) is 2.16. The molecule has 0 fully saturated rings. The van der Waals surface area contributed by atoms with E-state index in [0.29, 0.717) is 6.42 Å². The highest BCUT2D eigenvalue weighted by molar-refractivity contribution is 6.31. The van der Waals surface area contributed by atoms with E-state index in [9.17, 15) is 4.79 Å². The zero-order valence-corrected chi connectivity index (χ0v) is 6.64. The first-order valence-electron chi connectivity index (χ1n) is 3.21. The molecular formula is C6H12ClNO2. The van der Waals surface area contributed by atoms with Gasteiger partial charge < -0.3 is 10.8 Å². The smallest absolute Gasteiger partial charge is 0.238 e. The van der Waals surface area contributed by atoms with Gasteiger partial charge in [0.05, 0.1) is 6.10 Å². The maximum Gasteiger partial charge on any atom is 0.238 e. The van der Waals surface area contributed by atoms with Crippen LogP contribution in [0.25, 0.3) is 0 Å². The average molecular weight is 166 g/mol. The molecule has 0 aromatic heterocycles. The summed E-state index contributed by atoms with van der Waals surface area (Å²) in [6, 6.07) is 0. The first-order chi connectivity index (χ1) is 4.59. The Hall–Kier alpha value is -0.280. The maximum atomic E-state index is 10.3. The lowest BCUT2D eigenvalue weighted by Gasteiger charge is -2.11. The van der Waals surface area contributed by atoms with Gasteiger partial charge >= 0.3 is 0 Å². The molecule has 3 nitrogen and oxygen atoms in total. The molecule has 10 heavy (non-hydrogen) atoms. The number of amides is 1. The molecule has 0 aromatic carbocycles. The second-order valence-corrected chi connectivity index (χ2v) is 2.63. The Bertz CT molecular complexity index is 118. The third-order valence-electron chi connectivity index (χ3n) is 1.19. The van der Waals surface area contributed by atoms with E-state index < -0.39 is 17.4 Å². The number of rotatable bonds is 4. The van der Waals surface area contributed by atoms with E-state index in [-0.39, 0.29) is 0 Å². The van der Waals surface area contributed by atoms with Crippen LogP contribution in [0, 0.1) is 0 Å². The third kappa shape index (κ3) is 3.03. The van der Waals surface area contributed by atoms with Crippen molar-refractivity contribution < 1.29 is 9.90 Å². The van der Waals surface area contributed by atoms with Crippen LogP contribution >= 0.6 is 11.6 Å². The molecule has 0 rings (SSSR count). The number of nitrogens with two attached hydrogens (primary N) is 1. The molecular weight excluding hydrogens is 154 g/mol. The first-order valence-corrected chi connectivity index (χ1v) is 3.64. The average Bonchev–Trinajstić information content (AvgIpc) is 1.87. The van der Waals surface area contributed by atoms with E-state index in [2.05, 4.69) is 0 Å². The second kappa shape index (κ2) is 4.52. The Kier molecular flexibility index (Phi) is 4.40. The number of primary amides is 1. The van der Waals surface area contributed by atoms with Crippen LogP contribution in [0.3, 0.4) is 0 Å². The molecule has 1 amide bonds. The molecule has 0 aliphatic carbocycles. The Morgan fingerprint density at radius 1 is 1.80 bits per heavy atom. The molecule has 2 unspecified atom stereocenters. The van der Waals surface area contributed by atoms with Crippen molar-refractivity contribution >= 4 is 17.5 Å². The number of carbonyl (C=O) groups is 1. The molecule has 0 radical (unpaired) electrons. The summed E-state index contributed by atoms with van der Waals surface area (Å²) in [5.41, 5.74) is 4.84. The standard InChI is InChI=1S/C6H12ClNO2/c1-2-3-4(9)5(7)6(8)10/h4-5,9H,2-3H2,1H3,(H2,8,10). The Morgan fingerprint density at radius 2 is 2.30 bits per heavy atom. The van der Waals surface area contributed by atoms with Gasteiger partial charge in [0.25, 0.3) is 0 Å². The van der Waals surface area contributed by atoms with Gasteiger partial charge in [-0.1, -0.05) is 13.3 Å². The zero-order valence-electron chi connectivity index (χ0n) is 5.88. The third-order valence-corrected chi connectivity index (χ3v) is 1.70. The molecule has 0 heterocycles. The fourth-order valence-electron chi connectivity index (χ4n) is 0.632. The molecule has 3 N–H and O–H groups in total. The topological polar surface area (TPSA) is 63.3 Å². The van der Waals surface area contributed by atoms with Crippen LogP contribution in [-0.2, 0) is 4.79 Å². The van der Waals surface area contributed by atoms with Gasteiger partial charge in [0, 0.05) is 0 Å². The number of alkyl halides is 1. The molecule has 0 bridgehead atoms. The number of hydrogen-bond donors (Lipinski definition) is 2. The van der Waals surface area contributed by atoms with E-state index in [0.717, 1.165) is 6.42 Å². The van der Waals surface area contributed by atoms with E-state index in [1.54, 1.807) is 0 Å². The lowest BCUT2D eigenvalue weighted by molar-refractivity contribution is -0.119. The maximum absolute atomic E-state index is 10.3. The summed E-state index contributed by atoms with van der Waals surface area (Å²) in [5.74, 6) is -0.664. The van der Waals surface area contributed by atoms with Gasteiger partial charge in [0.2, 0.25) is 5.91 Å². The van der Waals surface area contributed by atoms with Gasteiger partial charge in [-0.05, 0) is 6.42 Å². The molecule has 0 spiro atoms. The predicted octanol–water partition coefficient (Wildman–Crippen LogP) is 0.240. The normalized spacial score (nSPS) is 16.3. The molecule has 60 valence electrons. The largest absolute Gasteiger partial charge is 0.391 e. The highest BCUT2D eigenvalue weighted by Crippen LogP contribution is 2.07. The minimum Gasteiger partial charge on any atom is -0.391 e. The summed E-state index contributed by atoms with van der Waals surface area (Å²) in [7, 11) is 0. The molecule has 0 aliphatic rings. The number of aliphatic hydroxyl groups excluding tert-OH is 1. The molecule has 0 saturated carbocycles. The van der Waals surface area contributed by atoms with Crippen molar-refractivity contribution in [1.82, 2.24) is 0 Å². The minimum absolute atomic E-state index is 0.511. The van der Waals surface area contributed by atoms with Gasteiger partial charge in [-0.25, -0.2) is 0 Å². The van der Waals surface area contributed by atoms with Gasteiger partial charge in [-0.2, -0.15) is 0 Å². The van der Waals surface area contributed by atoms with Crippen LogP contribution in [0.4, 0.5) is 0 Å². The summed E-state index contributed by atoms with van der Waals surface area (Å²) in [4.78, 5) is 10.3. The highest BCUT2D eigenvalue weighted by atomic mass is 35.5. The van der Waals surface area contributed by atoms with Gasteiger partial charge in [-0.15, -0.1) is 11.6 Å². The summed E-state index contributed by atoms with van der Waals surface area (Å²) >= 11 is 5.42. The van der Waals surface area contributed by atoms with Crippen LogP contribution in [0.5, 0.6) is 0 Å². The molecule has 0 aromatic rings. The highest BCUT2D eigenvalue weighted by Gasteiger charge is 2.20. The van der Waals surface area contributed by atoms with Gasteiger partial charge in [0.1, 0.15) is 5.38 Å². The summed E-state index contributed by atoms with van der Waals surface area (Å²) in [6.45, 7) is 1.90. The van der Waals surface area contributed by atoms with Crippen molar-refractivity contribution in [1.29, 1.82) is 0 Å². The summed E-state index contributed by atoms with van der Waals surface area (Å²) < 4.78 is 0. The molecule has 2 atom stereocenters. The summed E-state index contributed by atoms with van der Waals surface area (Å²) in [5, 5.41) is 8.11. The lowest BCUT2D eigenvalue weighted by Crippen LogP contribution is -2.34. The number of carbonyl (C=O) groups excluding carboxylic acids is 1. The van der Waals surface area contributed by atoms with Gasteiger partial charge in [0.15, 0.2) is 0 Å². The van der Waals surface area contributed by atoms with Crippen molar-refractivity contribution in [3.05, 3.63) is 0 Å². The molecule has 0 aliphatic heterocycles. The fraction of sp³-hybridized carbons (Fsp3) is 0.833. The van der Waals surface area contributed by atoms with Gasteiger partial charge in [-0.3, -0.25) is 4.79 Å². The Labute approximate surface area is 65.2 Å². The van der Waals surface area contributed by atoms with Crippen molar-refractivity contribution in [2.75, 3.05) is 0 Å². The monoisotopic (exact) mass is 165 g/mol. The molecule has 0 saturated heterocycles. The van der Waals surface area contributed by atoms with Crippen LogP contribution in [-0.4, -0.2) is 22.5 Å². The lowest BCUT2D eigenvalue weighted by atomic mass is 10.1.